The van der Waals surface area contributed by atoms with Crippen LogP contribution in [0.3, 0.4) is 0 Å². The number of hydrogen-bond acceptors (Lipinski definition) is 7. The van der Waals surface area contributed by atoms with Crippen molar-refractivity contribution in [3.05, 3.63) is 29.3 Å². The van der Waals surface area contributed by atoms with Gasteiger partial charge >= 0.3 is 24.1 Å². The van der Waals surface area contributed by atoms with Gasteiger partial charge in [-0.05, 0) is 58.7 Å². The first-order chi connectivity index (χ1) is 16.4. The van der Waals surface area contributed by atoms with Gasteiger partial charge in [0.2, 0.25) is 0 Å². The van der Waals surface area contributed by atoms with Crippen molar-refractivity contribution in [2.24, 2.45) is 17.8 Å². The van der Waals surface area contributed by atoms with Gasteiger partial charge < -0.3 is 30.2 Å². The Hall–Kier alpha value is -3.01. The summed E-state index contributed by atoms with van der Waals surface area (Å²) in [6, 6.07) is 5.47. The van der Waals surface area contributed by atoms with Crippen LogP contribution in [0.25, 0.3) is 0 Å². The van der Waals surface area contributed by atoms with Crippen LogP contribution in [0, 0.1) is 17.8 Å². The van der Waals surface area contributed by atoms with Crippen LogP contribution in [-0.4, -0.2) is 54.5 Å². The number of benzene rings is 1. The summed E-state index contributed by atoms with van der Waals surface area (Å²) in [5, 5.41) is 8.66. The van der Waals surface area contributed by atoms with Crippen molar-refractivity contribution in [3.63, 3.8) is 0 Å². The number of hydrogen-bond donors (Lipinski definition) is 3. The Kier molecular flexibility index (Phi) is 7.83. The Morgan fingerprint density at radius 1 is 1.11 bits per heavy atom. The summed E-state index contributed by atoms with van der Waals surface area (Å²) < 4.78 is 15.9. The molecule has 11 heteroatoms. The maximum atomic E-state index is 13.2. The molecule has 192 valence electrons. The Bertz CT molecular complexity index is 996. The van der Waals surface area contributed by atoms with Crippen molar-refractivity contribution >= 4 is 41.4 Å². The zero-order valence-corrected chi connectivity index (χ0v) is 21.2. The van der Waals surface area contributed by atoms with Gasteiger partial charge in [-0.25, -0.2) is 14.4 Å². The van der Waals surface area contributed by atoms with Crippen LogP contribution in [-0.2, 0) is 23.8 Å². The summed E-state index contributed by atoms with van der Waals surface area (Å²) in [5.41, 5.74) is -1.89. The molecule has 0 bridgehead atoms. The van der Waals surface area contributed by atoms with E-state index in [1.807, 2.05) is 0 Å². The summed E-state index contributed by atoms with van der Waals surface area (Å²) in [4.78, 5) is 51.4. The van der Waals surface area contributed by atoms with E-state index in [4.69, 9.17) is 25.8 Å². The normalized spacial score (nSPS) is 26.7. The van der Waals surface area contributed by atoms with Gasteiger partial charge in [0.15, 0.2) is 0 Å². The number of nitrogens with one attached hydrogen (secondary N) is 3. The SMILES string of the molecule is CCOC(=O)C1C2C(NC(=O)Nc3cccc(Cl)c3)CC(NC(=O)OC(C)(C)C)(C(=O)OCC)C12. The number of rotatable bonds is 7. The van der Waals surface area contributed by atoms with Crippen LogP contribution in [0.15, 0.2) is 24.3 Å². The molecule has 5 atom stereocenters. The van der Waals surface area contributed by atoms with Crippen molar-refractivity contribution in [2.45, 2.75) is 58.2 Å². The molecule has 0 aliphatic heterocycles. The van der Waals surface area contributed by atoms with E-state index >= 15 is 0 Å². The van der Waals surface area contributed by atoms with Crippen LogP contribution < -0.4 is 16.0 Å². The van der Waals surface area contributed by atoms with E-state index in [1.54, 1.807) is 58.9 Å². The molecular formula is C24H32ClN3O7. The number of halogens is 1. The van der Waals surface area contributed by atoms with Gasteiger partial charge in [-0.3, -0.25) is 4.79 Å². The number of ether oxygens (including phenoxy) is 3. The highest BCUT2D eigenvalue weighted by Crippen LogP contribution is 2.63. The minimum Gasteiger partial charge on any atom is -0.466 e. The van der Waals surface area contributed by atoms with E-state index in [0.717, 1.165) is 0 Å². The summed E-state index contributed by atoms with van der Waals surface area (Å²) in [6.07, 6.45) is -0.790. The molecule has 3 N–H and O–H groups in total. The second-order valence-corrected chi connectivity index (χ2v) is 10.1. The minimum atomic E-state index is -1.56. The average Bonchev–Trinajstić information content (AvgIpc) is 3.41. The molecule has 2 aliphatic carbocycles. The maximum Gasteiger partial charge on any atom is 0.408 e. The summed E-state index contributed by atoms with van der Waals surface area (Å²) in [7, 11) is 0. The molecular weight excluding hydrogens is 478 g/mol. The number of esters is 2. The summed E-state index contributed by atoms with van der Waals surface area (Å²) in [6.45, 7) is 8.66. The Labute approximate surface area is 209 Å². The van der Waals surface area contributed by atoms with Crippen LogP contribution >= 0.6 is 11.6 Å². The van der Waals surface area contributed by atoms with E-state index in [0.29, 0.717) is 10.7 Å². The average molecular weight is 510 g/mol. The van der Waals surface area contributed by atoms with E-state index < -0.39 is 59.0 Å². The topological polar surface area (TPSA) is 132 Å². The monoisotopic (exact) mass is 509 g/mol. The molecule has 0 radical (unpaired) electrons. The minimum absolute atomic E-state index is 0.0271. The lowest BCUT2D eigenvalue weighted by molar-refractivity contribution is -0.153. The predicted molar refractivity (Wildman–Crippen MR) is 128 cm³/mol. The second kappa shape index (κ2) is 10.3. The van der Waals surface area contributed by atoms with Crippen molar-refractivity contribution in [1.29, 1.82) is 0 Å². The summed E-state index contributed by atoms with van der Waals surface area (Å²) in [5.74, 6) is -2.93. The Morgan fingerprint density at radius 3 is 2.40 bits per heavy atom. The molecule has 2 fully saturated rings. The number of carbonyl (C=O) groups excluding carboxylic acids is 4. The van der Waals surface area contributed by atoms with Crippen molar-refractivity contribution in [2.75, 3.05) is 18.5 Å². The van der Waals surface area contributed by atoms with Gasteiger partial charge in [-0.2, -0.15) is 0 Å². The highest BCUT2D eigenvalue weighted by atomic mass is 35.5. The predicted octanol–water partition coefficient (Wildman–Crippen LogP) is 3.49. The number of alkyl carbamates (subject to hydrolysis) is 1. The quantitative estimate of drug-likeness (QED) is 0.378. The molecule has 2 saturated carbocycles. The third-order valence-electron chi connectivity index (χ3n) is 5.97. The maximum absolute atomic E-state index is 13.2. The van der Waals surface area contributed by atoms with E-state index in [2.05, 4.69) is 16.0 Å². The zero-order chi connectivity index (χ0) is 26.0. The highest BCUT2D eigenvalue weighted by Gasteiger charge is 2.76. The zero-order valence-electron chi connectivity index (χ0n) is 20.5. The highest BCUT2D eigenvalue weighted by molar-refractivity contribution is 6.30. The molecule has 5 unspecified atom stereocenters. The van der Waals surface area contributed by atoms with Gasteiger partial charge in [0.05, 0.1) is 19.1 Å². The van der Waals surface area contributed by atoms with Crippen LogP contribution in [0.5, 0.6) is 0 Å². The largest absolute Gasteiger partial charge is 0.466 e. The lowest BCUT2D eigenvalue weighted by Crippen LogP contribution is -2.59. The van der Waals surface area contributed by atoms with Gasteiger partial charge in [0, 0.05) is 29.1 Å². The fraction of sp³-hybridized carbons (Fsp3) is 0.583. The van der Waals surface area contributed by atoms with Crippen molar-refractivity contribution < 1.29 is 33.4 Å². The fourth-order valence-corrected chi connectivity index (χ4v) is 5.02. The lowest BCUT2D eigenvalue weighted by atomic mass is 9.89. The molecule has 3 rings (SSSR count). The van der Waals surface area contributed by atoms with Crippen LogP contribution in [0.4, 0.5) is 15.3 Å². The van der Waals surface area contributed by atoms with Gasteiger partial charge in [-0.1, -0.05) is 17.7 Å². The second-order valence-electron chi connectivity index (χ2n) is 9.62. The number of fused-ring (bicyclic) bond motifs is 1. The first kappa shape index (κ1) is 26.6. The van der Waals surface area contributed by atoms with Crippen molar-refractivity contribution in [3.8, 4) is 0 Å². The number of urea groups is 1. The van der Waals surface area contributed by atoms with E-state index in [9.17, 15) is 19.2 Å². The first-order valence-electron chi connectivity index (χ1n) is 11.6. The Balaban J connectivity index is 1.87. The van der Waals surface area contributed by atoms with Crippen LogP contribution in [0.1, 0.15) is 41.0 Å². The standard InChI is InChI=1S/C24H32ClN3O7/c1-6-33-19(29)17-16-15(27-21(31)26-14-10-8-9-13(25)11-14)12-24(18(16)17,20(30)34-7-2)28-22(32)35-23(3,4)5/h8-11,15-18H,6-7,12H2,1-5H3,(H,28,32)(H2,26,27,31). The Morgan fingerprint density at radius 2 is 1.80 bits per heavy atom. The molecule has 0 spiro atoms. The first-order valence-corrected chi connectivity index (χ1v) is 12.0. The molecule has 2 aliphatic rings. The van der Waals surface area contributed by atoms with Gasteiger partial charge in [-0.15, -0.1) is 0 Å². The molecule has 1 aromatic rings. The van der Waals surface area contributed by atoms with E-state index in [1.165, 1.54) is 0 Å². The van der Waals surface area contributed by atoms with Crippen molar-refractivity contribution in [1.82, 2.24) is 10.6 Å². The number of anilines is 1. The third-order valence-corrected chi connectivity index (χ3v) is 6.21. The number of amides is 3. The molecule has 3 amide bonds. The molecule has 0 heterocycles. The van der Waals surface area contributed by atoms with E-state index in [-0.39, 0.29) is 19.6 Å². The molecule has 0 saturated heterocycles. The third kappa shape index (κ3) is 5.98. The van der Waals surface area contributed by atoms with Gasteiger partial charge in [0.25, 0.3) is 0 Å². The molecule has 1 aromatic carbocycles. The molecule has 10 nitrogen and oxygen atoms in total. The fourth-order valence-electron chi connectivity index (χ4n) is 4.83. The van der Waals surface area contributed by atoms with Crippen LogP contribution in [0.2, 0.25) is 5.02 Å². The van der Waals surface area contributed by atoms with Gasteiger partial charge in [0.1, 0.15) is 11.1 Å². The lowest BCUT2D eigenvalue weighted by Gasteiger charge is -2.33. The smallest absolute Gasteiger partial charge is 0.408 e. The molecule has 0 aromatic heterocycles. The summed E-state index contributed by atoms with van der Waals surface area (Å²) >= 11 is 5.98. The molecule has 35 heavy (non-hydrogen) atoms. The number of carbonyl (C=O) groups is 4.